The van der Waals surface area contributed by atoms with Crippen molar-refractivity contribution in [3.05, 3.63) is 58.0 Å². The molecular formula is C19H16Cl2FN3O3. The molecule has 0 bridgehead atoms. The molecule has 1 aliphatic carbocycles. The lowest BCUT2D eigenvalue weighted by atomic mass is 9.70. The number of aromatic nitrogens is 1. The fourth-order valence-electron chi connectivity index (χ4n) is 3.80. The van der Waals surface area contributed by atoms with Gasteiger partial charge in [-0.3, -0.25) is 14.5 Å². The summed E-state index contributed by atoms with van der Waals surface area (Å²) in [5.41, 5.74) is -0.419. The van der Waals surface area contributed by atoms with Gasteiger partial charge in [0.05, 0.1) is 11.1 Å². The Labute approximate surface area is 170 Å². The van der Waals surface area contributed by atoms with Gasteiger partial charge in [0, 0.05) is 30.6 Å². The molecule has 1 aromatic carbocycles. The molecule has 9 heteroatoms. The number of benzene rings is 1. The van der Waals surface area contributed by atoms with Gasteiger partial charge < -0.3 is 10.0 Å². The van der Waals surface area contributed by atoms with Gasteiger partial charge in [-0.2, -0.15) is 0 Å². The largest absolute Gasteiger partial charge is 0.393 e. The van der Waals surface area contributed by atoms with Crippen molar-refractivity contribution in [2.45, 2.75) is 31.0 Å². The lowest BCUT2D eigenvalue weighted by molar-refractivity contribution is -0.167. The second kappa shape index (κ2) is 6.99. The molecule has 2 heterocycles. The van der Waals surface area contributed by atoms with Crippen molar-refractivity contribution in [1.82, 2.24) is 9.88 Å². The van der Waals surface area contributed by atoms with Crippen LogP contribution in [0.5, 0.6) is 0 Å². The Kier molecular flexibility index (Phi) is 4.77. The van der Waals surface area contributed by atoms with E-state index in [0.717, 1.165) is 16.5 Å². The molecule has 2 aliphatic rings. The Balaban J connectivity index is 1.68. The lowest BCUT2D eigenvalue weighted by Crippen LogP contribution is -2.73. The van der Waals surface area contributed by atoms with E-state index in [-0.39, 0.29) is 42.7 Å². The van der Waals surface area contributed by atoms with Crippen LogP contribution in [0.25, 0.3) is 0 Å². The van der Waals surface area contributed by atoms with E-state index in [1.807, 2.05) is 0 Å². The third-order valence-corrected chi connectivity index (χ3v) is 5.66. The van der Waals surface area contributed by atoms with Gasteiger partial charge in [0.25, 0.3) is 5.91 Å². The van der Waals surface area contributed by atoms with Crippen LogP contribution in [0.3, 0.4) is 0 Å². The molecule has 4 rings (SSSR count). The van der Waals surface area contributed by atoms with Gasteiger partial charge in [-0.25, -0.2) is 9.37 Å². The first kappa shape index (κ1) is 19.1. The third-order valence-electron chi connectivity index (χ3n) is 5.20. The summed E-state index contributed by atoms with van der Waals surface area (Å²) in [5.74, 6) is -1.83. The zero-order valence-electron chi connectivity index (χ0n) is 14.6. The molecule has 1 saturated carbocycles. The maximum Gasteiger partial charge on any atom is 0.254 e. The van der Waals surface area contributed by atoms with Crippen LogP contribution < -0.4 is 4.90 Å². The number of carbonyl (C=O) groups excluding carboxylic acids is 2. The Hall–Kier alpha value is -2.22. The highest BCUT2D eigenvalue weighted by molar-refractivity contribution is 6.30. The molecule has 28 heavy (non-hydrogen) atoms. The maximum absolute atomic E-state index is 14.3. The summed E-state index contributed by atoms with van der Waals surface area (Å²) < 4.78 is 14.3. The van der Waals surface area contributed by atoms with Gasteiger partial charge in [0.15, 0.2) is 11.6 Å². The van der Waals surface area contributed by atoms with E-state index in [1.165, 1.54) is 11.1 Å². The lowest BCUT2D eigenvalue weighted by Gasteiger charge is -2.55. The number of pyridine rings is 1. The first-order valence-corrected chi connectivity index (χ1v) is 9.42. The van der Waals surface area contributed by atoms with Crippen molar-refractivity contribution in [3.8, 4) is 0 Å². The van der Waals surface area contributed by atoms with E-state index in [4.69, 9.17) is 23.2 Å². The van der Waals surface area contributed by atoms with E-state index in [0.29, 0.717) is 5.02 Å². The molecular weight excluding hydrogens is 408 g/mol. The summed E-state index contributed by atoms with van der Waals surface area (Å²) in [5, 5.41) is 10.6. The van der Waals surface area contributed by atoms with E-state index < -0.39 is 23.4 Å². The van der Waals surface area contributed by atoms with Gasteiger partial charge in [0.2, 0.25) is 5.91 Å². The summed E-state index contributed by atoms with van der Waals surface area (Å²) in [6.45, 7) is -0.144. The second-order valence-corrected chi connectivity index (χ2v) is 7.92. The number of piperazine rings is 1. The number of halogens is 3. The maximum atomic E-state index is 14.3. The second-order valence-electron chi connectivity index (χ2n) is 7.05. The number of aliphatic hydroxyl groups excluding tert-OH is 1. The van der Waals surface area contributed by atoms with Crippen LogP contribution in [0, 0.1) is 5.82 Å². The Morgan fingerprint density at radius 2 is 1.86 bits per heavy atom. The van der Waals surface area contributed by atoms with E-state index in [2.05, 4.69) is 4.98 Å². The average molecular weight is 424 g/mol. The van der Waals surface area contributed by atoms with Crippen LogP contribution in [0.1, 0.15) is 18.4 Å². The van der Waals surface area contributed by atoms with Crippen molar-refractivity contribution >= 4 is 40.8 Å². The van der Waals surface area contributed by atoms with Crippen LogP contribution in [-0.2, 0) is 16.1 Å². The number of carbonyl (C=O) groups is 2. The Morgan fingerprint density at radius 1 is 1.18 bits per heavy atom. The first-order valence-electron chi connectivity index (χ1n) is 8.66. The SMILES string of the molecule is O=C1CN(c2ncc(Cl)cc2F)C(=O)[C@]2(C[C@H](O)C2)N1Cc1ccc(Cl)cc1. The number of nitrogens with zero attached hydrogens (tertiary/aromatic N) is 3. The summed E-state index contributed by atoms with van der Waals surface area (Å²) >= 11 is 11.6. The third kappa shape index (κ3) is 3.13. The molecule has 146 valence electrons. The van der Waals surface area contributed by atoms with Crippen molar-refractivity contribution < 1.29 is 19.1 Å². The number of anilines is 1. The molecule has 6 nitrogen and oxygen atoms in total. The molecule has 2 amide bonds. The molecule has 2 aromatic rings. The van der Waals surface area contributed by atoms with Crippen molar-refractivity contribution in [3.63, 3.8) is 0 Å². The van der Waals surface area contributed by atoms with Crippen LogP contribution in [0.2, 0.25) is 10.0 Å². The van der Waals surface area contributed by atoms with Crippen LogP contribution in [0.15, 0.2) is 36.5 Å². The predicted octanol–water partition coefficient (Wildman–Crippen LogP) is 2.80. The molecule has 1 spiro atoms. The van der Waals surface area contributed by atoms with Crippen molar-refractivity contribution in [1.29, 1.82) is 0 Å². The highest BCUT2D eigenvalue weighted by Crippen LogP contribution is 2.44. The van der Waals surface area contributed by atoms with Gasteiger partial charge in [-0.15, -0.1) is 0 Å². The highest BCUT2D eigenvalue weighted by Gasteiger charge is 2.60. The summed E-state index contributed by atoms with van der Waals surface area (Å²) in [7, 11) is 0. The monoisotopic (exact) mass is 423 g/mol. The molecule has 0 atom stereocenters. The molecule has 1 aromatic heterocycles. The van der Waals surface area contributed by atoms with Crippen LogP contribution >= 0.6 is 23.2 Å². The fraction of sp³-hybridized carbons (Fsp3) is 0.316. The average Bonchev–Trinajstić information content (AvgIpc) is 2.62. The number of aliphatic hydroxyl groups is 1. The van der Waals surface area contributed by atoms with Crippen molar-refractivity contribution in [2.24, 2.45) is 0 Å². The molecule has 0 unspecified atom stereocenters. The topological polar surface area (TPSA) is 73.7 Å². The fourth-order valence-corrected chi connectivity index (χ4v) is 4.07. The van der Waals surface area contributed by atoms with Gasteiger partial charge in [-0.1, -0.05) is 35.3 Å². The molecule has 1 aliphatic heterocycles. The van der Waals surface area contributed by atoms with Crippen LogP contribution in [0.4, 0.5) is 10.2 Å². The predicted molar refractivity (Wildman–Crippen MR) is 102 cm³/mol. The van der Waals surface area contributed by atoms with Gasteiger partial charge in [0.1, 0.15) is 12.1 Å². The minimum absolute atomic E-state index is 0.0928. The standard InChI is InChI=1S/C19H16Cl2FN3O3/c20-12-3-1-11(2-4-12)9-25-16(27)10-24(17-15(22)5-13(21)8-23-17)18(28)19(25)6-14(26)7-19/h1-5,8,14,26H,6-7,9-10H2/t14-,19+. The quantitative estimate of drug-likeness (QED) is 0.823. The van der Waals surface area contributed by atoms with E-state index >= 15 is 0 Å². The first-order chi connectivity index (χ1) is 13.3. The zero-order chi connectivity index (χ0) is 20.1. The van der Waals surface area contributed by atoms with Gasteiger partial charge in [-0.05, 0) is 23.8 Å². The number of amides is 2. The summed E-state index contributed by atoms with van der Waals surface area (Å²) in [6, 6.07) is 8.00. The minimum Gasteiger partial charge on any atom is -0.393 e. The van der Waals surface area contributed by atoms with E-state index in [9.17, 15) is 19.1 Å². The molecule has 1 saturated heterocycles. The highest BCUT2D eigenvalue weighted by atomic mass is 35.5. The van der Waals surface area contributed by atoms with E-state index in [1.54, 1.807) is 24.3 Å². The normalized spacial score (nSPS) is 24.6. The minimum atomic E-state index is -1.22. The zero-order valence-corrected chi connectivity index (χ0v) is 16.1. The Morgan fingerprint density at radius 3 is 2.46 bits per heavy atom. The molecule has 0 radical (unpaired) electrons. The summed E-state index contributed by atoms with van der Waals surface area (Å²) in [4.78, 5) is 32.6. The number of hydrogen-bond acceptors (Lipinski definition) is 4. The smallest absolute Gasteiger partial charge is 0.254 e. The van der Waals surface area contributed by atoms with Crippen molar-refractivity contribution in [2.75, 3.05) is 11.4 Å². The van der Waals surface area contributed by atoms with Crippen LogP contribution in [-0.4, -0.2) is 45.0 Å². The molecule has 1 N–H and O–H groups in total. The number of hydrogen-bond donors (Lipinski definition) is 1. The Bertz CT molecular complexity index is 948. The summed E-state index contributed by atoms with van der Waals surface area (Å²) in [6.07, 6.45) is 0.709. The molecule has 2 fully saturated rings. The number of rotatable bonds is 3. The van der Waals surface area contributed by atoms with Gasteiger partial charge >= 0.3 is 0 Å².